The Hall–Kier alpha value is -1.59. The standard InChI is InChI=1S/C13H19N3O2/c17-12(15-8-11-4-2-1-3-5-11)16-10-13(18)6-7-14-9-13/h1-5,14,18H,6-10H2,(H2,15,16,17). The van der Waals surface area contributed by atoms with Crippen LogP contribution in [0.15, 0.2) is 30.3 Å². The SMILES string of the molecule is O=C(NCc1ccccc1)NCC1(O)CCNC1. The highest BCUT2D eigenvalue weighted by Gasteiger charge is 2.31. The lowest BCUT2D eigenvalue weighted by Crippen LogP contribution is -2.47. The molecule has 1 aliphatic heterocycles. The molecule has 4 N–H and O–H groups in total. The molecular formula is C13H19N3O2. The molecule has 18 heavy (non-hydrogen) atoms. The zero-order chi connectivity index (χ0) is 12.8. The van der Waals surface area contributed by atoms with Crippen molar-refractivity contribution in [2.75, 3.05) is 19.6 Å². The number of aliphatic hydroxyl groups is 1. The maximum Gasteiger partial charge on any atom is 0.315 e. The number of hydrogen-bond acceptors (Lipinski definition) is 3. The molecule has 1 aromatic rings. The smallest absolute Gasteiger partial charge is 0.315 e. The van der Waals surface area contributed by atoms with E-state index in [1.165, 1.54) is 0 Å². The first-order chi connectivity index (χ1) is 8.68. The van der Waals surface area contributed by atoms with Gasteiger partial charge in [-0.2, -0.15) is 0 Å². The normalized spacial score (nSPS) is 22.7. The summed E-state index contributed by atoms with van der Waals surface area (Å²) < 4.78 is 0. The average molecular weight is 249 g/mol. The molecule has 0 bridgehead atoms. The van der Waals surface area contributed by atoms with E-state index in [2.05, 4.69) is 16.0 Å². The summed E-state index contributed by atoms with van der Waals surface area (Å²) in [7, 11) is 0. The molecule has 5 heteroatoms. The predicted octanol–water partition coefficient (Wildman–Crippen LogP) is 0.210. The van der Waals surface area contributed by atoms with Crippen molar-refractivity contribution in [2.24, 2.45) is 0 Å². The summed E-state index contributed by atoms with van der Waals surface area (Å²) in [4.78, 5) is 11.6. The van der Waals surface area contributed by atoms with Gasteiger partial charge in [0.1, 0.15) is 0 Å². The highest BCUT2D eigenvalue weighted by molar-refractivity contribution is 5.73. The van der Waals surface area contributed by atoms with Gasteiger partial charge in [0.15, 0.2) is 0 Å². The van der Waals surface area contributed by atoms with Crippen molar-refractivity contribution in [1.82, 2.24) is 16.0 Å². The van der Waals surface area contributed by atoms with Crippen molar-refractivity contribution in [1.29, 1.82) is 0 Å². The average Bonchev–Trinajstić information content (AvgIpc) is 2.83. The lowest BCUT2D eigenvalue weighted by Gasteiger charge is -2.21. The molecule has 0 aliphatic carbocycles. The highest BCUT2D eigenvalue weighted by Crippen LogP contribution is 2.12. The lowest BCUT2D eigenvalue weighted by molar-refractivity contribution is 0.0634. The molecule has 1 heterocycles. The zero-order valence-corrected chi connectivity index (χ0v) is 10.3. The van der Waals surface area contributed by atoms with Gasteiger partial charge >= 0.3 is 6.03 Å². The maximum atomic E-state index is 11.6. The van der Waals surface area contributed by atoms with E-state index in [1.807, 2.05) is 30.3 Å². The number of amides is 2. The van der Waals surface area contributed by atoms with Crippen LogP contribution in [0.25, 0.3) is 0 Å². The fourth-order valence-electron chi connectivity index (χ4n) is 1.97. The van der Waals surface area contributed by atoms with Gasteiger partial charge < -0.3 is 21.1 Å². The number of benzene rings is 1. The zero-order valence-electron chi connectivity index (χ0n) is 10.3. The van der Waals surface area contributed by atoms with Gasteiger partial charge in [0.05, 0.1) is 5.60 Å². The molecule has 1 fully saturated rings. The Morgan fingerprint density at radius 3 is 2.78 bits per heavy atom. The molecule has 1 atom stereocenters. The maximum absolute atomic E-state index is 11.6. The second-order valence-corrected chi connectivity index (χ2v) is 4.67. The topological polar surface area (TPSA) is 73.4 Å². The Bertz CT molecular complexity index is 388. The Labute approximate surface area is 107 Å². The van der Waals surface area contributed by atoms with E-state index >= 15 is 0 Å². The van der Waals surface area contributed by atoms with Crippen molar-refractivity contribution < 1.29 is 9.90 Å². The molecule has 2 rings (SSSR count). The van der Waals surface area contributed by atoms with Crippen LogP contribution < -0.4 is 16.0 Å². The van der Waals surface area contributed by atoms with Crippen LogP contribution in [0, 0.1) is 0 Å². The van der Waals surface area contributed by atoms with Gasteiger partial charge in [0.2, 0.25) is 0 Å². The third-order valence-corrected chi connectivity index (χ3v) is 3.10. The summed E-state index contributed by atoms with van der Waals surface area (Å²) in [6.07, 6.45) is 0.673. The van der Waals surface area contributed by atoms with Crippen LogP contribution in [0.1, 0.15) is 12.0 Å². The second kappa shape index (κ2) is 5.84. The molecule has 1 saturated heterocycles. The third-order valence-electron chi connectivity index (χ3n) is 3.10. The van der Waals surface area contributed by atoms with Crippen LogP contribution in [-0.2, 0) is 6.54 Å². The molecule has 98 valence electrons. The minimum atomic E-state index is -0.802. The number of hydrogen-bond donors (Lipinski definition) is 4. The summed E-state index contributed by atoms with van der Waals surface area (Å²) in [5.41, 5.74) is 0.248. The highest BCUT2D eigenvalue weighted by atomic mass is 16.3. The van der Waals surface area contributed by atoms with Crippen LogP contribution in [0.2, 0.25) is 0 Å². The van der Waals surface area contributed by atoms with E-state index in [4.69, 9.17) is 0 Å². The number of rotatable bonds is 4. The van der Waals surface area contributed by atoms with Crippen molar-refractivity contribution in [3.05, 3.63) is 35.9 Å². The van der Waals surface area contributed by atoms with Gasteiger partial charge in [-0.3, -0.25) is 0 Å². The Morgan fingerprint density at radius 1 is 1.33 bits per heavy atom. The molecule has 0 radical (unpaired) electrons. The van der Waals surface area contributed by atoms with Gasteiger partial charge in [0, 0.05) is 19.6 Å². The number of carbonyl (C=O) groups is 1. The first kappa shape index (κ1) is 12.9. The quantitative estimate of drug-likeness (QED) is 0.616. The Morgan fingerprint density at radius 2 is 2.11 bits per heavy atom. The summed E-state index contributed by atoms with van der Waals surface area (Å²) in [6.45, 7) is 2.10. The van der Waals surface area contributed by atoms with Gasteiger partial charge in [-0.05, 0) is 18.5 Å². The molecular weight excluding hydrogens is 230 g/mol. The molecule has 0 saturated carbocycles. The minimum Gasteiger partial charge on any atom is -0.387 e. The third kappa shape index (κ3) is 3.72. The van der Waals surface area contributed by atoms with Crippen LogP contribution in [0.5, 0.6) is 0 Å². The van der Waals surface area contributed by atoms with Gasteiger partial charge in [-0.15, -0.1) is 0 Å². The molecule has 0 spiro atoms. The van der Waals surface area contributed by atoms with Crippen molar-refractivity contribution in [3.8, 4) is 0 Å². The first-order valence-electron chi connectivity index (χ1n) is 6.17. The van der Waals surface area contributed by atoms with E-state index < -0.39 is 5.60 Å². The summed E-state index contributed by atoms with van der Waals surface area (Å²) in [5.74, 6) is 0. The van der Waals surface area contributed by atoms with E-state index in [9.17, 15) is 9.90 Å². The molecule has 0 aromatic heterocycles. The van der Waals surface area contributed by atoms with Crippen molar-refractivity contribution in [2.45, 2.75) is 18.6 Å². The van der Waals surface area contributed by atoms with E-state index in [-0.39, 0.29) is 12.6 Å². The van der Waals surface area contributed by atoms with E-state index in [0.29, 0.717) is 19.5 Å². The number of β-amino-alcohol motifs (C(OH)–C–C–N with tert-alkyl or cyclic N) is 1. The van der Waals surface area contributed by atoms with Crippen LogP contribution >= 0.6 is 0 Å². The minimum absolute atomic E-state index is 0.251. The van der Waals surface area contributed by atoms with Crippen LogP contribution in [-0.4, -0.2) is 36.4 Å². The van der Waals surface area contributed by atoms with E-state index in [0.717, 1.165) is 12.1 Å². The monoisotopic (exact) mass is 249 g/mol. The number of nitrogens with one attached hydrogen (secondary N) is 3. The van der Waals surface area contributed by atoms with Crippen molar-refractivity contribution in [3.63, 3.8) is 0 Å². The Kier molecular flexibility index (Phi) is 4.17. The molecule has 1 aromatic carbocycles. The second-order valence-electron chi connectivity index (χ2n) is 4.67. The summed E-state index contributed by atoms with van der Waals surface area (Å²) in [6, 6.07) is 9.46. The molecule has 2 amide bonds. The number of carbonyl (C=O) groups excluding carboxylic acids is 1. The van der Waals surface area contributed by atoms with Crippen LogP contribution in [0.3, 0.4) is 0 Å². The Balaban J connectivity index is 1.69. The fraction of sp³-hybridized carbons (Fsp3) is 0.462. The van der Waals surface area contributed by atoms with Gasteiger partial charge in [-0.1, -0.05) is 30.3 Å². The van der Waals surface area contributed by atoms with Gasteiger partial charge in [-0.25, -0.2) is 4.79 Å². The summed E-state index contributed by atoms with van der Waals surface area (Å²) >= 11 is 0. The molecule has 1 aliphatic rings. The lowest BCUT2D eigenvalue weighted by atomic mass is 10.0. The largest absolute Gasteiger partial charge is 0.387 e. The number of urea groups is 1. The fourth-order valence-corrected chi connectivity index (χ4v) is 1.97. The molecule has 1 unspecified atom stereocenters. The molecule has 5 nitrogen and oxygen atoms in total. The van der Waals surface area contributed by atoms with Gasteiger partial charge in [0.25, 0.3) is 0 Å². The van der Waals surface area contributed by atoms with E-state index in [1.54, 1.807) is 0 Å². The summed E-state index contributed by atoms with van der Waals surface area (Å²) in [5, 5.41) is 18.5. The van der Waals surface area contributed by atoms with Crippen molar-refractivity contribution >= 4 is 6.03 Å². The predicted molar refractivity (Wildman–Crippen MR) is 69.1 cm³/mol. The van der Waals surface area contributed by atoms with Crippen LogP contribution in [0.4, 0.5) is 4.79 Å². The first-order valence-corrected chi connectivity index (χ1v) is 6.17.